The third-order valence-electron chi connectivity index (χ3n) is 18.1. The zero-order valence-corrected chi connectivity index (χ0v) is 58.6. The van der Waals surface area contributed by atoms with Crippen LogP contribution in [-0.4, -0.2) is 204 Å². The molecule has 0 bridgehead atoms. The van der Waals surface area contributed by atoms with Crippen molar-refractivity contribution in [3.8, 4) is 0 Å². The summed E-state index contributed by atoms with van der Waals surface area (Å²) in [6.07, 6.45) is 11.9. The zero-order chi connectivity index (χ0) is 69.6. The molecular weight excluding hydrogens is 1260 g/mol. The van der Waals surface area contributed by atoms with Gasteiger partial charge in [0, 0.05) is 18.9 Å². The van der Waals surface area contributed by atoms with Gasteiger partial charge in [-0.15, -0.1) is 0 Å². The van der Waals surface area contributed by atoms with Gasteiger partial charge in [-0.2, -0.15) is 0 Å². The highest BCUT2D eigenvalue weighted by molar-refractivity contribution is 7.47. The van der Waals surface area contributed by atoms with E-state index in [0.717, 1.165) is 96.0 Å². The summed E-state index contributed by atoms with van der Waals surface area (Å²) in [7, 11) is -5.71. The number of hydrogen-bond acceptors (Lipinski definition) is 23. The van der Waals surface area contributed by atoms with Crippen molar-refractivity contribution in [1.29, 1.82) is 0 Å². The van der Waals surface area contributed by atoms with E-state index in [9.17, 15) is 74.9 Å². The lowest BCUT2D eigenvalue weighted by molar-refractivity contribution is -0.360. The monoisotopic (exact) mass is 1380 g/mol. The van der Waals surface area contributed by atoms with Crippen molar-refractivity contribution in [2.45, 2.75) is 375 Å². The summed E-state index contributed by atoms with van der Waals surface area (Å²) in [6.45, 7) is 3.31. The molecule has 3 aliphatic rings. The van der Waals surface area contributed by atoms with Gasteiger partial charge in [0.15, 0.2) is 18.7 Å². The standard InChI is InChI=1S/C70H127O24P/c1-4-7-10-13-16-19-22-24-26-28-31-32-35-38-41-44-54(72)86-48-51(89-56(74)46-43-40-37-34-29-21-18-15-12-9-6-3)49-88-95(84,85)94-68-66(92-69-64(82)59(77)57(75)52(47-71)90-69)62(80)61(79)63(81)67(68)93-70-65(83)60(78)58(76)53(91-70)50-87-55(73)45-42-39-36-33-30-27-25-23-20-17-14-11-8-5-2/h35,38,41,44,51-53,57-71,75-83H,4-34,36-37,39-40,42-43,45-50H2,1-3H3,(H,84,85)/b38-35+,44-41+. The Kier molecular flexibility index (Phi) is 47.8. The molecule has 11 N–H and O–H groups in total. The van der Waals surface area contributed by atoms with Crippen LogP contribution >= 0.6 is 7.82 Å². The second kappa shape index (κ2) is 52.4. The average molecular weight is 1380 g/mol. The minimum atomic E-state index is -5.71. The minimum Gasteiger partial charge on any atom is -0.463 e. The van der Waals surface area contributed by atoms with E-state index in [-0.39, 0.29) is 12.8 Å². The van der Waals surface area contributed by atoms with Gasteiger partial charge in [0.1, 0.15) is 98.7 Å². The molecule has 0 amide bonds. The van der Waals surface area contributed by atoms with Crippen LogP contribution in [0.5, 0.6) is 0 Å². The average Bonchev–Trinajstić information content (AvgIpc) is 0.763. The number of phosphoric ester groups is 1. The molecular formula is C70H127O24P. The first-order valence-corrected chi connectivity index (χ1v) is 38.2. The van der Waals surface area contributed by atoms with Crippen molar-refractivity contribution in [3.05, 3.63) is 24.3 Å². The number of ether oxygens (including phenoxy) is 7. The van der Waals surface area contributed by atoms with Crippen LogP contribution in [0.2, 0.25) is 0 Å². The number of rotatable bonds is 56. The molecule has 0 radical (unpaired) electrons. The molecule has 3 rings (SSSR count). The number of aliphatic hydroxyl groups is 10. The molecule has 18 unspecified atom stereocenters. The number of aliphatic hydroxyl groups excluding tert-OH is 10. The molecule has 556 valence electrons. The first-order valence-electron chi connectivity index (χ1n) is 36.7. The van der Waals surface area contributed by atoms with Crippen molar-refractivity contribution < 1.29 is 117 Å². The minimum absolute atomic E-state index is 0.0289. The Bertz CT molecular complexity index is 2070. The largest absolute Gasteiger partial charge is 0.472 e. The highest BCUT2D eigenvalue weighted by atomic mass is 31.2. The normalized spacial score (nSPS) is 28.2. The maximum atomic E-state index is 14.3. The van der Waals surface area contributed by atoms with Crippen LogP contribution in [0.4, 0.5) is 0 Å². The predicted octanol–water partition coefficient (Wildman–Crippen LogP) is 9.35. The molecule has 0 aromatic carbocycles. The van der Waals surface area contributed by atoms with Crippen LogP contribution in [0.25, 0.3) is 0 Å². The van der Waals surface area contributed by atoms with Gasteiger partial charge >= 0.3 is 25.7 Å². The van der Waals surface area contributed by atoms with E-state index in [2.05, 4.69) is 20.8 Å². The van der Waals surface area contributed by atoms with Crippen LogP contribution < -0.4 is 0 Å². The van der Waals surface area contributed by atoms with Crippen LogP contribution in [0.1, 0.15) is 271 Å². The Hall–Kier alpha value is -2.56. The summed E-state index contributed by atoms with van der Waals surface area (Å²) in [5, 5.41) is 110. The van der Waals surface area contributed by atoms with Crippen LogP contribution in [0.3, 0.4) is 0 Å². The van der Waals surface area contributed by atoms with Gasteiger partial charge in [0.05, 0.1) is 13.2 Å². The molecule has 0 aromatic heterocycles. The summed E-state index contributed by atoms with van der Waals surface area (Å²) < 4.78 is 64.7. The van der Waals surface area contributed by atoms with Crippen molar-refractivity contribution >= 4 is 25.7 Å². The van der Waals surface area contributed by atoms with Crippen molar-refractivity contribution in [2.24, 2.45) is 0 Å². The number of unbranched alkanes of at least 4 members (excludes halogenated alkanes) is 34. The summed E-state index contributed by atoms with van der Waals surface area (Å²) in [4.78, 5) is 50.7. The molecule has 2 aliphatic heterocycles. The molecule has 1 aliphatic carbocycles. The van der Waals surface area contributed by atoms with Gasteiger partial charge in [0.25, 0.3) is 0 Å². The van der Waals surface area contributed by atoms with E-state index < -0.39 is 156 Å². The fraction of sp³-hybridized carbons (Fsp3) is 0.900. The Labute approximate surface area is 566 Å². The van der Waals surface area contributed by atoms with Crippen LogP contribution in [0, 0.1) is 0 Å². The van der Waals surface area contributed by atoms with E-state index >= 15 is 0 Å². The van der Waals surface area contributed by atoms with Gasteiger partial charge in [-0.25, -0.2) is 9.36 Å². The Balaban J connectivity index is 1.76. The maximum Gasteiger partial charge on any atom is 0.472 e. The first kappa shape index (κ1) is 86.7. The molecule has 18 atom stereocenters. The summed E-state index contributed by atoms with van der Waals surface area (Å²) in [5.41, 5.74) is 0. The third-order valence-corrected chi connectivity index (χ3v) is 19.1. The first-order chi connectivity index (χ1) is 45.8. The number of esters is 3. The van der Waals surface area contributed by atoms with Gasteiger partial charge in [-0.3, -0.25) is 18.6 Å². The molecule has 1 saturated carbocycles. The lowest BCUT2D eigenvalue weighted by atomic mass is 9.84. The fourth-order valence-electron chi connectivity index (χ4n) is 12.1. The second-order valence-electron chi connectivity index (χ2n) is 26.4. The predicted molar refractivity (Wildman–Crippen MR) is 356 cm³/mol. The van der Waals surface area contributed by atoms with Gasteiger partial charge < -0.3 is 89.1 Å². The molecule has 25 heteroatoms. The second-order valence-corrected chi connectivity index (χ2v) is 27.8. The van der Waals surface area contributed by atoms with Gasteiger partial charge in [-0.1, -0.05) is 251 Å². The van der Waals surface area contributed by atoms with E-state index in [1.807, 2.05) is 6.08 Å². The molecule has 95 heavy (non-hydrogen) atoms. The van der Waals surface area contributed by atoms with E-state index in [1.165, 1.54) is 141 Å². The smallest absolute Gasteiger partial charge is 0.463 e. The summed E-state index contributed by atoms with van der Waals surface area (Å²) in [6, 6.07) is 0. The van der Waals surface area contributed by atoms with Crippen molar-refractivity contribution in [3.63, 3.8) is 0 Å². The Morgan fingerprint density at radius 3 is 1.24 bits per heavy atom. The summed E-state index contributed by atoms with van der Waals surface area (Å²) in [5.74, 6) is -2.24. The maximum absolute atomic E-state index is 14.3. The van der Waals surface area contributed by atoms with Crippen molar-refractivity contribution in [1.82, 2.24) is 0 Å². The molecule has 2 saturated heterocycles. The summed E-state index contributed by atoms with van der Waals surface area (Å²) >= 11 is 0. The van der Waals surface area contributed by atoms with Crippen LogP contribution in [0.15, 0.2) is 24.3 Å². The number of allylic oxidation sites excluding steroid dienone is 3. The topological polar surface area (TPSA) is 374 Å². The van der Waals surface area contributed by atoms with E-state index in [0.29, 0.717) is 12.8 Å². The lowest BCUT2D eigenvalue weighted by Gasteiger charge is -2.49. The van der Waals surface area contributed by atoms with E-state index in [4.69, 9.17) is 42.2 Å². The van der Waals surface area contributed by atoms with Crippen molar-refractivity contribution in [2.75, 3.05) is 26.4 Å². The third kappa shape index (κ3) is 36.1. The highest BCUT2D eigenvalue weighted by Crippen LogP contribution is 2.49. The number of hydrogen-bond donors (Lipinski definition) is 11. The van der Waals surface area contributed by atoms with Crippen LogP contribution in [-0.2, 0) is 61.2 Å². The Morgan fingerprint density at radius 1 is 0.432 bits per heavy atom. The van der Waals surface area contributed by atoms with Gasteiger partial charge in [-0.05, 0) is 25.7 Å². The number of carbonyl (C=O) groups is 3. The molecule has 3 fully saturated rings. The molecule has 0 spiro atoms. The molecule has 0 aromatic rings. The SMILES string of the molecule is CCCCCCCCCCCCC/C=C/C=C/C(=O)OCC(COP(=O)(O)OC1C(OC2OC(CO)C(O)C(O)C2O)C(O)C(O)C(O)C1OC1OC(COC(=O)CCCCCCCCCCCCCCCC)C(O)C(O)C1O)OC(=O)CCCCCCCCCCCCC. The Morgan fingerprint density at radius 2 is 0.811 bits per heavy atom. The zero-order valence-electron chi connectivity index (χ0n) is 57.7. The molecule has 2 heterocycles. The molecule has 24 nitrogen and oxygen atoms in total. The lowest BCUT2D eigenvalue weighted by Crippen LogP contribution is -2.69. The van der Waals surface area contributed by atoms with Gasteiger partial charge in [0.2, 0.25) is 0 Å². The quantitative estimate of drug-likeness (QED) is 0.00674. The highest BCUT2D eigenvalue weighted by Gasteiger charge is 2.58. The van der Waals surface area contributed by atoms with E-state index in [1.54, 1.807) is 6.08 Å². The number of phosphoric acid groups is 1. The number of carbonyl (C=O) groups excluding carboxylic acids is 3. The fourth-order valence-corrected chi connectivity index (χ4v) is 13.0.